The van der Waals surface area contributed by atoms with Crippen molar-refractivity contribution < 1.29 is 19.0 Å². The van der Waals surface area contributed by atoms with Gasteiger partial charge in [0.2, 0.25) is 5.88 Å². The van der Waals surface area contributed by atoms with Gasteiger partial charge in [-0.05, 0) is 48.9 Å². The van der Waals surface area contributed by atoms with Gasteiger partial charge in [-0.1, -0.05) is 16.8 Å². The van der Waals surface area contributed by atoms with Gasteiger partial charge in [-0.25, -0.2) is 9.48 Å². The van der Waals surface area contributed by atoms with E-state index in [0.717, 1.165) is 22.0 Å². The van der Waals surface area contributed by atoms with E-state index in [2.05, 4.69) is 15.5 Å². The summed E-state index contributed by atoms with van der Waals surface area (Å²) in [6.45, 7) is 5.52. The molecular formula is C26H25N5O6. The second-order valence-corrected chi connectivity index (χ2v) is 8.72. The maximum Gasteiger partial charge on any atom is 0.336 e. The normalized spacial score (nSPS) is 11.4. The molecule has 0 fully saturated rings. The molecule has 0 saturated carbocycles. The fourth-order valence-electron chi connectivity index (χ4n) is 4.24. The van der Waals surface area contributed by atoms with Crippen molar-refractivity contribution in [1.29, 1.82) is 0 Å². The number of aromatic hydroxyl groups is 1. The molecule has 11 heteroatoms. The number of aromatic nitrogens is 4. The minimum absolute atomic E-state index is 0.0411. The zero-order valence-electron chi connectivity index (χ0n) is 20.4. The topological polar surface area (TPSA) is 134 Å². The number of hydrogen-bond acceptors (Lipinski definition) is 9. The fourth-order valence-corrected chi connectivity index (χ4v) is 4.24. The minimum atomic E-state index is -0.399. The van der Waals surface area contributed by atoms with Crippen LogP contribution in [0.25, 0.3) is 21.9 Å². The molecule has 0 amide bonds. The maximum absolute atomic E-state index is 11.6. The van der Waals surface area contributed by atoms with Crippen LogP contribution in [-0.2, 0) is 24.4 Å². The Morgan fingerprint density at radius 2 is 1.89 bits per heavy atom. The van der Waals surface area contributed by atoms with Crippen LogP contribution in [0.1, 0.15) is 16.8 Å². The minimum Gasteiger partial charge on any atom is -0.493 e. The van der Waals surface area contributed by atoms with Crippen molar-refractivity contribution in [2.45, 2.75) is 33.5 Å². The molecule has 11 nitrogen and oxygen atoms in total. The lowest BCUT2D eigenvalue weighted by Crippen LogP contribution is -2.11. The van der Waals surface area contributed by atoms with Crippen molar-refractivity contribution in [2.24, 2.45) is 5.18 Å². The highest BCUT2D eigenvalue weighted by atomic mass is 16.5. The molecule has 5 aromatic rings. The second-order valence-electron chi connectivity index (χ2n) is 8.72. The highest BCUT2D eigenvalue weighted by molar-refractivity contribution is 5.95. The Labute approximate surface area is 210 Å². The molecule has 0 bridgehead atoms. The summed E-state index contributed by atoms with van der Waals surface area (Å²) in [7, 11) is 0. The van der Waals surface area contributed by atoms with Gasteiger partial charge in [-0.3, -0.25) is 0 Å². The molecule has 0 spiro atoms. The van der Waals surface area contributed by atoms with Crippen molar-refractivity contribution in [3.05, 3.63) is 80.8 Å². The van der Waals surface area contributed by atoms with Gasteiger partial charge >= 0.3 is 5.63 Å². The number of ether oxygens (including phenoxy) is 2. The Kier molecular flexibility index (Phi) is 6.69. The van der Waals surface area contributed by atoms with Crippen molar-refractivity contribution in [2.75, 3.05) is 13.2 Å². The van der Waals surface area contributed by atoms with E-state index in [1.54, 1.807) is 21.5 Å². The molecule has 190 valence electrons. The predicted molar refractivity (Wildman–Crippen MR) is 136 cm³/mol. The average molecular weight is 504 g/mol. The first-order valence-electron chi connectivity index (χ1n) is 11.7. The summed E-state index contributed by atoms with van der Waals surface area (Å²) < 4.78 is 20.0. The molecule has 3 aromatic heterocycles. The summed E-state index contributed by atoms with van der Waals surface area (Å²) >= 11 is 0. The lowest BCUT2D eigenvalue weighted by molar-refractivity contribution is 0.115. The van der Waals surface area contributed by atoms with Crippen LogP contribution in [0.5, 0.6) is 11.6 Å². The van der Waals surface area contributed by atoms with Gasteiger partial charge in [0, 0.05) is 29.4 Å². The summed E-state index contributed by atoms with van der Waals surface area (Å²) in [6.07, 6.45) is 1.77. The first kappa shape index (κ1) is 24.2. The van der Waals surface area contributed by atoms with Gasteiger partial charge in [0.25, 0.3) is 0 Å². The number of rotatable bonds is 10. The molecule has 0 unspecified atom stereocenters. The Balaban J connectivity index is 1.12. The number of hydrogen-bond donors (Lipinski definition) is 1. The van der Waals surface area contributed by atoms with E-state index in [9.17, 15) is 14.8 Å². The monoisotopic (exact) mass is 503 g/mol. The third kappa shape index (κ3) is 5.07. The highest BCUT2D eigenvalue weighted by Gasteiger charge is 2.17. The Morgan fingerprint density at radius 3 is 2.73 bits per heavy atom. The average Bonchev–Trinajstić information content (AvgIpc) is 3.43. The Morgan fingerprint density at radius 1 is 1.05 bits per heavy atom. The van der Waals surface area contributed by atoms with E-state index in [-0.39, 0.29) is 18.2 Å². The lowest BCUT2D eigenvalue weighted by Gasteiger charge is -2.08. The fraction of sp³-hybridized carbons (Fsp3) is 0.269. The number of aryl methyl sites for hydroxylation is 2. The summed E-state index contributed by atoms with van der Waals surface area (Å²) in [5.41, 5.74) is 3.30. The molecule has 1 N–H and O–H groups in total. The molecular weight excluding hydrogens is 478 g/mol. The number of fused-ring (bicyclic) bond motifs is 2. The third-order valence-electron chi connectivity index (χ3n) is 6.08. The molecule has 2 aromatic carbocycles. The van der Waals surface area contributed by atoms with Crippen LogP contribution in [0.4, 0.5) is 5.69 Å². The van der Waals surface area contributed by atoms with Crippen LogP contribution < -0.4 is 10.4 Å². The van der Waals surface area contributed by atoms with Crippen molar-refractivity contribution in [1.82, 2.24) is 19.6 Å². The van der Waals surface area contributed by atoms with Crippen molar-refractivity contribution in [3.63, 3.8) is 0 Å². The predicted octanol–water partition coefficient (Wildman–Crippen LogP) is 4.36. The molecule has 37 heavy (non-hydrogen) atoms. The number of nitroso groups, excluding NO2 is 1. The van der Waals surface area contributed by atoms with E-state index in [0.29, 0.717) is 48.7 Å². The molecule has 0 aliphatic heterocycles. The molecule has 0 aliphatic carbocycles. The first-order valence-corrected chi connectivity index (χ1v) is 11.7. The van der Waals surface area contributed by atoms with Gasteiger partial charge in [0.15, 0.2) is 5.69 Å². The van der Waals surface area contributed by atoms with E-state index < -0.39 is 5.63 Å². The Hall–Kier alpha value is -4.51. The molecule has 0 aliphatic rings. The van der Waals surface area contributed by atoms with Gasteiger partial charge in [0.1, 0.15) is 23.6 Å². The van der Waals surface area contributed by atoms with Gasteiger partial charge < -0.3 is 23.6 Å². The smallest absolute Gasteiger partial charge is 0.336 e. The first-order chi connectivity index (χ1) is 17.9. The van der Waals surface area contributed by atoms with Crippen LogP contribution in [0.2, 0.25) is 0 Å². The number of nitrogens with zero attached hydrogens (tertiary/aromatic N) is 5. The highest BCUT2D eigenvalue weighted by Crippen LogP contribution is 2.38. The van der Waals surface area contributed by atoms with E-state index >= 15 is 0 Å². The molecule has 5 rings (SSSR count). The number of benzene rings is 2. The molecule has 0 radical (unpaired) electrons. The van der Waals surface area contributed by atoms with Crippen molar-refractivity contribution >= 4 is 27.6 Å². The van der Waals surface area contributed by atoms with Crippen LogP contribution in [0, 0.1) is 18.8 Å². The summed E-state index contributed by atoms with van der Waals surface area (Å²) in [6, 6.07) is 12.4. The standard InChI is InChI=1S/C26H25N5O6/c1-16-3-6-22-21(11-16)25(28-34)26(33)31(22)8-10-35-9-7-30-14-18(27-29-30)15-36-19-4-5-20-17(2)12-24(32)37-23(20)13-19/h3-6,11-14,33H,7-10,15H2,1-2H3. The summed E-state index contributed by atoms with van der Waals surface area (Å²) in [5, 5.41) is 23.1. The second kappa shape index (κ2) is 10.2. The molecule has 3 heterocycles. The molecule has 0 atom stereocenters. The molecule has 0 saturated heterocycles. The van der Waals surface area contributed by atoms with Gasteiger partial charge in [0.05, 0.1) is 31.5 Å². The van der Waals surface area contributed by atoms with Gasteiger partial charge in [-0.2, -0.15) is 0 Å². The third-order valence-corrected chi connectivity index (χ3v) is 6.08. The van der Waals surface area contributed by atoms with E-state index in [1.165, 1.54) is 6.07 Å². The van der Waals surface area contributed by atoms with Crippen LogP contribution >= 0.6 is 0 Å². The van der Waals surface area contributed by atoms with E-state index in [1.807, 2.05) is 44.2 Å². The summed E-state index contributed by atoms with van der Waals surface area (Å²) in [5.74, 6) is 0.395. The van der Waals surface area contributed by atoms with Crippen LogP contribution in [0.3, 0.4) is 0 Å². The quantitative estimate of drug-likeness (QED) is 0.169. The maximum atomic E-state index is 11.6. The lowest BCUT2D eigenvalue weighted by atomic mass is 10.1. The SMILES string of the molecule is Cc1ccc2c(c1)c(N=O)c(O)n2CCOCCn1cc(COc2ccc3c(C)cc(=O)oc3c2)nn1. The van der Waals surface area contributed by atoms with Crippen LogP contribution in [-0.4, -0.2) is 37.9 Å². The van der Waals surface area contributed by atoms with Gasteiger partial charge in [-0.15, -0.1) is 10.0 Å². The van der Waals surface area contributed by atoms with Crippen molar-refractivity contribution in [3.8, 4) is 11.6 Å². The zero-order chi connectivity index (χ0) is 25.9. The van der Waals surface area contributed by atoms with Crippen LogP contribution in [0.15, 0.2) is 63.0 Å². The zero-order valence-corrected chi connectivity index (χ0v) is 20.4. The largest absolute Gasteiger partial charge is 0.493 e. The van der Waals surface area contributed by atoms with E-state index in [4.69, 9.17) is 13.9 Å². The summed E-state index contributed by atoms with van der Waals surface area (Å²) in [4.78, 5) is 22.8. The Bertz CT molecular complexity index is 1650.